The van der Waals surface area contributed by atoms with Gasteiger partial charge >= 0.3 is 0 Å². The second kappa shape index (κ2) is 3.15. The largest absolute Gasteiger partial charge is 0.395 e. The van der Waals surface area contributed by atoms with E-state index in [2.05, 4.69) is 0 Å². The fourth-order valence-electron chi connectivity index (χ4n) is 1.22. The quantitative estimate of drug-likeness (QED) is 0.479. The Morgan fingerprint density at radius 1 is 1.56 bits per heavy atom. The van der Waals surface area contributed by atoms with Crippen molar-refractivity contribution in [3.63, 3.8) is 0 Å². The summed E-state index contributed by atoms with van der Waals surface area (Å²) in [5, 5.41) is 10.5. The number of hydrogen-bond acceptors (Lipinski definition) is 3. The van der Waals surface area contributed by atoms with E-state index in [4.69, 9.17) is 10.9 Å². The smallest absolute Gasteiger partial charge is 0.0600 e. The normalized spacial score (nSPS) is 30.7. The molecule has 0 spiro atoms. The molecule has 1 fully saturated rings. The number of rotatable bonds is 1. The van der Waals surface area contributed by atoms with Crippen LogP contribution in [0.5, 0.6) is 0 Å². The average molecular weight is 130 g/mol. The Morgan fingerprint density at radius 3 is 2.78 bits per heavy atom. The number of hydrogen-bond donors (Lipinski definition) is 2. The number of aliphatic hydroxyl groups excluding tert-OH is 1. The van der Waals surface area contributed by atoms with Gasteiger partial charge < -0.3 is 5.11 Å². The van der Waals surface area contributed by atoms with Crippen LogP contribution < -0.4 is 5.84 Å². The molecule has 1 aliphatic heterocycles. The fraction of sp³-hybridized carbons (Fsp3) is 1.00. The van der Waals surface area contributed by atoms with Gasteiger partial charge in [-0.2, -0.15) is 0 Å². The van der Waals surface area contributed by atoms with Crippen LogP contribution in [0, 0.1) is 0 Å². The van der Waals surface area contributed by atoms with Crippen molar-refractivity contribution < 1.29 is 5.11 Å². The summed E-state index contributed by atoms with van der Waals surface area (Å²) in [5.74, 6) is 5.56. The highest BCUT2D eigenvalue weighted by Gasteiger charge is 2.17. The first-order valence-corrected chi connectivity index (χ1v) is 3.47. The first-order valence-electron chi connectivity index (χ1n) is 3.47. The van der Waals surface area contributed by atoms with Gasteiger partial charge in [0.15, 0.2) is 0 Å². The highest BCUT2D eigenvalue weighted by Crippen LogP contribution is 2.11. The van der Waals surface area contributed by atoms with E-state index in [9.17, 15) is 0 Å². The molecular weight excluding hydrogens is 116 g/mol. The summed E-state index contributed by atoms with van der Waals surface area (Å²) in [4.78, 5) is 0. The summed E-state index contributed by atoms with van der Waals surface area (Å²) in [7, 11) is 0. The monoisotopic (exact) mass is 130 g/mol. The second-order valence-corrected chi connectivity index (χ2v) is 2.57. The van der Waals surface area contributed by atoms with Gasteiger partial charge in [-0.1, -0.05) is 6.42 Å². The molecule has 0 aromatic heterocycles. The van der Waals surface area contributed by atoms with Crippen LogP contribution in [0.3, 0.4) is 0 Å². The van der Waals surface area contributed by atoms with E-state index in [0.717, 1.165) is 13.0 Å². The predicted molar refractivity (Wildman–Crippen MR) is 35.6 cm³/mol. The van der Waals surface area contributed by atoms with Crippen molar-refractivity contribution >= 4 is 0 Å². The summed E-state index contributed by atoms with van der Waals surface area (Å²) < 4.78 is 0. The van der Waals surface area contributed by atoms with Crippen molar-refractivity contribution in [1.29, 1.82) is 0 Å². The molecule has 1 heterocycles. The van der Waals surface area contributed by atoms with Crippen molar-refractivity contribution in [2.24, 2.45) is 5.84 Å². The first-order chi connectivity index (χ1) is 4.34. The summed E-state index contributed by atoms with van der Waals surface area (Å²) in [6, 6.07) is 0.221. The maximum atomic E-state index is 8.74. The summed E-state index contributed by atoms with van der Waals surface area (Å²) >= 11 is 0. The summed E-state index contributed by atoms with van der Waals surface area (Å²) in [6.07, 6.45) is 3.43. The van der Waals surface area contributed by atoms with E-state index in [-0.39, 0.29) is 12.6 Å². The van der Waals surface area contributed by atoms with Crippen molar-refractivity contribution in [2.75, 3.05) is 13.2 Å². The molecule has 1 aliphatic rings. The van der Waals surface area contributed by atoms with Gasteiger partial charge in [-0.3, -0.25) is 5.84 Å². The molecule has 0 saturated carbocycles. The Kier molecular flexibility index (Phi) is 2.45. The SMILES string of the molecule is NN1CCCCC1CO. The zero-order chi connectivity index (χ0) is 6.69. The van der Waals surface area contributed by atoms with Crippen molar-refractivity contribution in [1.82, 2.24) is 5.01 Å². The summed E-state index contributed by atoms with van der Waals surface area (Å²) in [5.41, 5.74) is 0. The third-order valence-corrected chi connectivity index (χ3v) is 1.88. The molecule has 0 aromatic carbocycles. The third kappa shape index (κ3) is 1.64. The maximum Gasteiger partial charge on any atom is 0.0600 e. The first kappa shape index (κ1) is 6.99. The lowest BCUT2D eigenvalue weighted by Crippen LogP contribution is -2.46. The Morgan fingerprint density at radius 2 is 2.33 bits per heavy atom. The molecule has 1 saturated heterocycles. The standard InChI is InChI=1S/C6H14N2O/c7-8-4-2-1-3-6(8)5-9/h6,9H,1-5,7H2. The number of aliphatic hydroxyl groups is 1. The molecule has 1 atom stereocenters. The highest BCUT2D eigenvalue weighted by molar-refractivity contribution is 4.70. The van der Waals surface area contributed by atoms with E-state index >= 15 is 0 Å². The minimum Gasteiger partial charge on any atom is -0.395 e. The van der Waals surface area contributed by atoms with Gasteiger partial charge in [0.05, 0.1) is 6.61 Å². The molecule has 0 bridgehead atoms. The Hall–Kier alpha value is -0.120. The molecule has 54 valence electrons. The van der Waals surface area contributed by atoms with Crippen molar-refractivity contribution in [3.05, 3.63) is 0 Å². The van der Waals surface area contributed by atoms with Crippen LogP contribution >= 0.6 is 0 Å². The van der Waals surface area contributed by atoms with Crippen LogP contribution in [-0.4, -0.2) is 29.3 Å². The van der Waals surface area contributed by atoms with Gasteiger partial charge in [-0.05, 0) is 12.8 Å². The molecule has 3 N–H and O–H groups in total. The molecule has 9 heavy (non-hydrogen) atoms. The molecule has 3 nitrogen and oxygen atoms in total. The van der Waals surface area contributed by atoms with E-state index in [1.54, 1.807) is 5.01 Å². The minimum absolute atomic E-state index is 0.205. The van der Waals surface area contributed by atoms with Crippen LogP contribution in [0.2, 0.25) is 0 Å². The summed E-state index contributed by atoms with van der Waals surface area (Å²) in [6.45, 7) is 1.14. The van der Waals surface area contributed by atoms with E-state index in [0.29, 0.717) is 0 Å². The Bertz CT molecular complexity index is 87.1. The van der Waals surface area contributed by atoms with Crippen molar-refractivity contribution in [2.45, 2.75) is 25.3 Å². The van der Waals surface area contributed by atoms with Crippen LogP contribution in [0.15, 0.2) is 0 Å². The Balaban J connectivity index is 2.30. The van der Waals surface area contributed by atoms with Gasteiger partial charge in [-0.15, -0.1) is 0 Å². The number of nitrogens with zero attached hydrogens (tertiary/aromatic N) is 1. The predicted octanol–water partition coefficient (Wildman–Crippen LogP) is -0.293. The van der Waals surface area contributed by atoms with E-state index in [1.165, 1.54) is 12.8 Å². The van der Waals surface area contributed by atoms with Crippen LogP contribution in [0.4, 0.5) is 0 Å². The molecule has 0 aromatic rings. The zero-order valence-corrected chi connectivity index (χ0v) is 5.58. The molecule has 1 rings (SSSR count). The molecule has 0 aliphatic carbocycles. The maximum absolute atomic E-state index is 8.74. The van der Waals surface area contributed by atoms with Crippen LogP contribution in [0.25, 0.3) is 0 Å². The van der Waals surface area contributed by atoms with Gasteiger partial charge in [0.1, 0.15) is 0 Å². The molecule has 0 radical (unpaired) electrons. The lowest BCUT2D eigenvalue weighted by Gasteiger charge is -2.29. The van der Waals surface area contributed by atoms with E-state index in [1.807, 2.05) is 0 Å². The van der Waals surface area contributed by atoms with E-state index < -0.39 is 0 Å². The topological polar surface area (TPSA) is 49.5 Å². The second-order valence-electron chi connectivity index (χ2n) is 2.57. The molecule has 1 unspecified atom stereocenters. The minimum atomic E-state index is 0.205. The lowest BCUT2D eigenvalue weighted by molar-refractivity contribution is 0.0910. The number of nitrogens with two attached hydrogens (primary N) is 1. The molecule has 0 amide bonds. The zero-order valence-electron chi connectivity index (χ0n) is 5.58. The number of piperidine rings is 1. The average Bonchev–Trinajstić information content (AvgIpc) is 1.89. The van der Waals surface area contributed by atoms with Crippen molar-refractivity contribution in [3.8, 4) is 0 Å². The molecular formula is C6H14N2O. The lowest BCUT2D eigenvalue weighted by atomic mass is 10.1. The van der Waals surface area contributed by atoms with Gasteiger partial charge in [0.2, 0.25) is 0 Å². The third-order valence-electron chi connectivity index (χ3n) is 1.88. The van der Waals surface area contributed by atoms with Crippen LogP contribution in [0.1, 0.15) is 19.3 Å². The molecule has 3 heteroatoms. The van der Waals surface area contributed by atoms with Gasteiger partial charge in [0.25, 0.3) is 0 Å². The number of hydrazine groups is 1. The Labute approximate surface area is 55.4 Å². The highest BCUT2D eigenvalue weighted by atomic mass is 16.3. The van der Waals surface area contributed by atoms with Gasteiger partial charge in [0, 0.05) is 12.6 Å². The van der Waals surface area contributed by atoms with Gasteiger partial charge in [-0.25, -0.2) is 5.01 Å². The van der Waals surface area contributed by atoms with Crippen LogP contribution in [-0.2, 0) is 0 Å². The fourth-order valence-corrected chi connectivity index (χ4v) is 1.22.